The highest BCUT2D eigenvalue weighted by Crippen LogP contribution is 2.08. The van der Waals surface area contributed by atoms with Crippen LogP contribution >= 0.6 is 0 Å². The van der Waals surface area contributed by atoms with E-state index >= 15 is 0 Å². The van der Waals surface area contributed by atoms with Crippen LogP contribution in [0.25, 0.3) is 0 Å². The van der Waals surface area contributed by atoms with Crippen LogP contribution in [0.2, 0.25) is 0 Å². The third kappa shape index (κ3) is 5.63. The Labute approximate surface area is 122 Å². The van der Waals surface area contributed by atoms with E-state index < -0.39 is 0 Å². The van der Waals surface area contributed by atoms with Crippen molar-refractivity contribution in [1.82, 2.24) is 15.1 Å². The maximum atomic E-state index is 5.92. The number of guanidine groups is 1. The fraction of sp³-hybridized carbons (Fsp3) is 0.733. The number of nitrogens with two attached hydrogens (primary N) is 1. The largest absolute Gasteiger partial charge is 0.370 e. The van der Waals surface area contributed by atoms with E-state index in [0.29, 0.717) is 18.5 Å². The van der Waals surface area contributed by atoms with Gasteiger partial charge in [0, 0.05) is 24.3 Å². The third-order valence-electron chi connectivity index (χ3n) is 3.57. The van der Waals surface area contributed by atoms with Gasteiger partial charge in [0.05, 0.1) is 12.7 Å². The van der Waals surface area contributed by atoms with Crippen molar-refractivity contribution in [2.45, 2.75) is 59.5 Å². The van der Waals surface area contributed by atoms with Gasteiger partial charge in [-0.2, -0.15) is 5.10 Å². The zero-order chi connectivity index (χ0) is 15.1. The molecule has 1 aromatic rings. The number of hydrogen-bond acceptors (Lipinski definition) is 2. The van der Waals surface area contributed by atoms with Crippen molar-refractivity contribution in [3.05, 3.63) is 17.5 Å². The van der Waals surface area contributed by atoms with Crippen LogP contribution in [0.3, 0.4) is 0 Å². The summed E-state index contributed by atoms with van der Waals surface area (Å²) in [6, 6.07) is 0.368. The van der Waals surface area contributed by atoms with E-state index in [1.54, 1.807) is 0 Å². The number of nitrogens with zero attached hydrogens (tertiary/aromatic N) is 3. The highest BCUT2D eigenvalue weighted by atomic mass is 15.3. The lowest BCUT2D eigenvalue weighted by Gasteiger charge is -2.15. The average molecular weight is 279 g/mol. The van der Waals surface area contributed by atoms with Crippen molar-refractivity contribution in [3.8, 4) is 0 Å². The van der Waals surface area contributed by atoms with Gasteiger partial charge in [0.2, 0.25) is 0 Å². The molecule has 0 aliphatic heterocycles. The summed E-state index contributed by atoms with van der Waals surface area (Å²) in [5.74, 6) is 1.28. The van der Waals surface area contributed by atoms with Crippen molar-refractivity contribution in [3.63, 3.8) is 0 Å². The van der Waals surface area contributed by atoms with Crippen LogP contribution in [-0.2, 0) is 13.6 Å². The summed E-state index contributed by atoms with van der Waals surface area (Å²) >= 11 is 0. The Kier molecular flexibility index (Phi) is 6.55. The number of aromatic nitrogens is 2. The molecule has 0 aliphatic carbocycles. The molecule has 0 aliphatic rings. The van der Waals surface area contributed by atoms with Gasteiger partial charge in [-0.3, -0.25) is 4.68 Å². The first-order valence-electron chi connectivity index (χ1n) is 7.44. The Morgan fingerprint density at radius 2 is 2.10 bits per heavy atom. The number of aliphatic imine (C=N–C) groups is 1. The summed E-state index contributed by atoms with van der Waals surface area (Å²) in [4.78, 5) is 4.38. The van der Waals surface area contributed by atoms with Gasteiger partial charge in [-0.05, 0) is 26.2 Å². The first-order valence-corrected chi connectivity index (χ1v) is 7.44. The van der Waals surface area contributed by atoms with Crippen LogP contribution in [0.4, 0.5) is 0 Å². The van der Waals surface area contributed by atoms with E-state index in [4.69, 9.17) is 5.73 Å². The van der Waals surface area contributed by atoms with Crippen LogP contribution in [0, 0.1) is 12.8 Å². The molecule has 1 atom stereocenters. The minimum atomic E-state index is 0.368. The standard InChI is InChI=1S/C15H29N5/c1-11(2)7-6-8-12(3)19-15(16)17-9-14-10-18-20(5)13(14)4/h10-12H,6-9H2,1-5H3,(H3,16,17,19). The maximum absolute atomic E-state index is 5.92. The molecule has 0 saturated carbocycles. The van der Waals surface area contributed by atoms with E-state index in [2.05, 4.69) is 36.2 Å². The zero-order valence-electron chi connectivity index (χ0n) is 13.5. The maximum Gasteiger partial charge on any atom is 0.189 e. The van der Waals surface area contributed by atoms with Gasteiger partial charge >= 0.3 is 0 Å². The van der Waals surface area contributed by atoms with Gasteiger partial charge in [0.15, 0.2) is 5.96 Å². The highest BCUT2D eigenvalue weighted by Gasteiger charge is 2.05. The van der Waals surface area contributed by atoms with E-state index in [0.717, 1.165) is 23.6 Å². The number of aryl methyl sites for hydroxylation is 1. The second-order valence-electron chi connectivity index (χ2n) is 5.95. The van der Waals surface area contributed by atoms with E-state index in [-0.39, 0.29) is 0 Å². The smallest absolute Gasteiger partial charge is 0.189 e. The molecule has 0 spiro atoms. The average Bonchev–Trinajstić information content (AvgIpc) is 2.67. The third-order valence-corrected chi connectivity index (χ3v) is 3.57. The Morgan fingerprint density at radius 3 is 2.65 bits per heavy atom. The molecule has 0 aromatic carbocycles. The molecule has 0 saturated heterocycles. The first kappa shape index (κ1) is 16.5. The van der Waals surface area contributed by atoms with Gasteiger partial charge in [-0.25, -0.2) is 4.99 Å². The molecule has 0 bridgehead atoms. The van der Waals surface area contributed by atoms with Crippen molar-refractivity contribution in [2.75, 3.05) is 0 Å². The van der Waals surface area contributed by atoms with Crippen LogP contribution in [0.1, 0.15) is 51.3 Å². The molecule has 3 N–H and O–H groups in total. The summed E-state index contributed by atoms with van der Waals surface area (Å²) in [5, 5.41) is 7.45. The number of nitrogens with one attached hydrogen (secondary N) is 1. The number of hydrogen-bond donors (Lipinski definition) is 2. The van der Waals surface area contributed by atoms with Gasteiger partial charge in [0.25, 0.3) is 0 Å². The normalized spacial score (nSPS) is 13.8. The summed E-state index contributed by atoms with van der Waals surface area (Å²) in [6.07, 6.45) is 5.46. The van der Waals surface area contributed by atoms with Gasteiger partial charge in [0.1, 0.15) is 0 Å². The first-order chi connectivity index (χ1) is 9.40. The predicted molar refractivity (Wildman–Crippen MR) is 84.6 cm³/mol. The van der Waals surface area contributed by atoms with Gasteiger partial charge in [-0.15, -0.1) is 0 Å². The Morgan fingerprint density at radius 1 is 1.40 bits per heavy atom. The molecule has 5 heteroatoms. The summed E-state index contributed by atoms with van der Waals surface area (Å²) in [6.45, 7) is 9.28. The van der Waals surface area contributed by atoms with Crippen molar-refractivity contribution >= 4 is 5.96 Å². The predicted octanol–water partition coefficient (Wildman–Crippen LogP) is 2.35. The Bertz CT molecular complexity index is 433. The topological polar surface area (TPSA) is 68.2 Å². The monoisotopic (exact) mass is 279 g/mol. The second-order valence-corrected chi connectivity index (χ2v) is 5.95. The highest BCUT2D eigenvalue weighted by molar-refractivity contribution is 5.78. The van der Waals surface area contributed by atoms with E-state index in [9.17, 15) is 0 Å². The number of rotatable bonds is 7. The zero-order valence-corrected chi connectivity index (χ0v) is 13.5. The van der Waals surface area contributed by atoms with Crippen molar-refractivity contribution in [1.29, 1.82) is 0 Å². The molecule has 5 nitrogen and oxygen atoms in total. The Hall–Kier alpha value is -1.52. The molecule has 114 valence electrons. The fourth-order valence-electron chi connectivity index (χ4n) is 2.07. The molecular formula is C15H29N5. The molecular weight excluding hydrogens is 250 g/mol. The quantitative estimate of drug-likeness (QED) is 0.594. The molecule has 0 amide bonds. The lowest BCUT2D eigenvalue weighted by molar-refractivity contribution is 0.493. The minimum Gasteiger partial charge on any atom is -0.370 e. The molecule has 1 aromatic heterocycles. The van der Waals surface area contributed by atoms with E-state index in [1.807, 2.05) is 24.9 Å². The van der Waals surface area contributed by atoms with Gasteiger partial charge in [-0.1, -0.05) is 26.7 Å². The molecule has 0 fully saturated rings. The Balaban J connectivity index is 2.36. The molecule has 0 radical (unpaired) electrons. The summed E-state index contributed by atoms with van der Waals surface area (Å²) < 4.78 is 1.85. The second kappa shape index (κ2) is 7.92. The molecule has 1 unspecified atom stereocenters. The SMILES string of the molecule is Cc1c(CN=C(N)NC(C)CCCC(C)C)cnn1C. The van der Waals surface area contributed by atoms with Crippen molar-refractivity contribution < 1.29 is 0 Å². The lowest BCUT2D eigenvalue weighted by atomic mass is 10.0. The van der Waals surface area contributed by atoms with E-state index in [1.165, 1.54) is 12.8 Å². The van der Waals surface area contributed by atoms with Crippen LogP contribution in [0.15, 0.2) is 11.2 Å². The molecule has 1 rings (SSSR count). The van der Waals surface area contributed by atoms with Gasteiger partial charge < -0.3 is 11.1 Å². The molecule has 1 heterocycles. The van der Waals surface area contributed by atoms with Crippen molar-refractivity contribution in [2.24, 2.45) is 23.7 Å². The van der Waals surface area contributed by atoms with Crippen LogP contribution in [-0.4, -0.2) is 21.8 Å². The summed E-state index contributed by atoms with van der Waals surface area (Å²) in [7, 11) is 1.93. The van der Waals surface area contributed by atoms with Crippen LogP contribution < -0.4 is 11.1 Å². The lowest BCUT2D eigenvalue weighted by Crippen LogP contribution is -2.38. The molecule has 20 heavy (non-hydrogen) atoms. The fourth-order valence-corrected chi connectivity index (χ4v) is 2.07. The van der Waals surface area contributed by atoms with Crippen LogP contribution in [0.5, 0.6) is 0 Å². The summed E-state index contributed by atoms with van der Waals surface area (Å²) in [5.41, 5.74) is 8.17. The minimum absolute atomic E-state index is 0.368.